The molecule has 0 bridgehead atoms. The molecular weight excluding hydrogens is 247 g/mol. The summed E-state index contributed by atoms with van der Waals surface area (Å²) in [5.74, 6) is 0. The van der Waals surface area contributed by atoms with Crippen molar-refractivity contribution in [1.29, 1.82) is 0 Å². The van der Waals surface area contributed by atoms with Gasteiger partial charge in [-0.05, 0) is 13.8 Å². The van der Waals surface area contributed by atoms with Crippen LogP contribution in [-0.4, -0.2) is 19.5 Å². The van der Waals surface area contributed by atoms with Crippen molar-refractivity contribution in [2.45, 2.75) is 13.8 Å². The maximum Gasteiger partial charge on any atom is 0.349 e. The minimum atomic E-state index is -3.29. The first-order valence-electron chi connectivity index (χ1n) is 5.16. The number of anilines is 2. The number of hydrogen-bond acceptors (Lipinski definition) is 7. The Balaban J connectivity index is 2.69. The summed E-state index contributed by atoms with van der Waals surface area (Å²) in [5.41, 5.74) is 3.71. The molecule has 7 nitrogen and oxygen atoms in total. The zero-order valence-electron chi connectivity index (χ0n) is 9.69. The van der Waals surface area contributed by atoms with Gasteiger partial charge in [0, 0.05) is 0 Å². The third-order valence-corrected chi connectivity index (χ3v) is 3.90. The Morgan fingerprint density at radius 2 is 1.71 bits per heavy atom. The smallest absolute Gasteiger partial charge is 0.349 e. The first-order chi connectivity index (χ1) is 7.95. The summed E-state index contributed by atoms with van der Waals surface area (Å²) in [6.07, 6.45) is -0.191. The lowest BCUT2D eigenvalue weighted by molar-refractivity contribution is 0.221. The van der Waals surface area contributed by atoms with Crippen molar-refractivity contribution in [2.24, 2.45) is 0 Å². The van der Waals surface area contributed by atoms with Crippen molar-refractivity contribution < 1.29 is 13.6 Å². The second kappa shape index (κ2) is 5.44. The van der Waals surface area contributed by atoms with Gasteiger partial charge in [-0.15, -0.1) is 0 Å². The second-order valence-corrected chi connectivity index (χ2v) is 5.28. The van der Waals surface area contributed by atoms with E-state index in [-0.39, 0.29) is 30.9 Å². The average molecular weight is 262 g/mol. The van der Waals surface area contributed by atoms with Crippen molar-refractivity contribution in [3.05, 3.63) is 20.4 Å². The van der Waals surface area contributed by atoms with Crippen molar-refractivity contribution in [1.82, 2.24) is 0 Å². The van der Waals surface area contributed by atoms with Gasteiger partial charge < -0.3 is 20.1 Å². The van der Waals surface area contributed by atoms with E-state index in [1.54, 1.807) is 13.8 Å². The maximum atomic E-state index is 12.0. The largest absolute Gasteiger partial charge is 0.394 e. The van der Waals surface area contributed by atoms with E-state index in [2.05, 4.69) is 5.32 Å². The lowest BCUT2D eigenvalue weighted by atomic mass is 10.2. The number of rotatable bonds is 7. The van der Waals surface area contributed by atoms with Gasteiger partial charge in [0.1, 0.15) is 17.7 Å². The highest BCUT2D eigenvalue weighted by Crippen LogP contribution is 2.47. The fourth-order valence-corrected chi connectivity index (χ4v) is 2.68. The van der Waals surface area contributed by atoms with Crippen LogP contribution in [0.15, 0.2) is 9.59 Å². The van der Waals surface area contributed by atoms with Gasteiger partial charge in [-0.3, -0.25) is 14.2 Å². The lowest BCUT2D eigenvalue weighted by Gasteiger charge is -2.18. The van der Waals surface area contributed by atoms with Crippen LogP contribution in [0.3, 0.4) is 0 Å². The molecule has 0 saturated heterocycles. The monoisotopic (exact) mass is 262 g/mol. The highest BCUT2D eigenvalue weighted by Gasteiger charge is 2.26. The molecule has 0 radical (unpaired) electrons. The minimum absolute atomic E-state index is 0.0189. The Labute approximate surface area is 98.1 Å². The highest BCUT2D eigenvalue weighted by molar-refractivity contribution is 7.53. The van der Waals surface area contributed by atoms with Crippen LogP contribution in [0.1, 0.15) is 13.8 Å². The van der Waals surface area contributed by atoms with Crippen LogP contribution in [0.5, 0.6) is 0 Å². The topological polar surface area (TPSA) is 108 Å². The minimum Gasteiger partial charge on any atom is -0.394 e. The van der Waals surface area contributed by atoms with Gasteiger partial charge in [0.15, 0.2) is 0 Å². The molecule has 1 aromatic rings. The number of nitrogen functional groups attached to an aromatic ring is 1. The zero-order chi connectivity index (χ0) is 13.1. The van der Waals surface area contributed by atoms with Gasteiger partial charge in [0.05, 0.1) is 13.2 Å². The summed E-state index contributed by atoms with van der Waals surface area (Å²) in [5, 5.41) is 2.53. The third-order valence-electron chi connectivity index (χ3n) is 2.05. The van der Waals surface area contributed by atoms with Crippen LogP contribution >= 0.6 is 7.60 Å². The van der Waals surface area contributed by atoms with Gasteiger partial charge in [0.25, 0.3) is 10.9 Å². The van der Waals surface area contributed by atoms with E-state index in [0.29, 0.717) is 0 Å². The standard InChI is InChI=1S/C9H15N2O5P/c1-3-15-17(14,16-4-2)5-11-7-6(10)8(12)9(7)13/h11H,3-5,10H2,1-2H3. The summed E-state index contributed by atoms with van der Waals surface area (Å²) in [6.45, 7) is 3.80. The molecule has 1 rings (SSSR count). The first kappa shape index (κ1) is 13.9. The molecule has 0 heterocycles. The molecule has 1 aromatic carbocycles. The van der Waals surface area contributed by atoms with E-state index in [0.717, 1.165) is 0 Å². The van der Waals surface area contributed by atoms with Crippen molar-refractivity contribution in [3.8, 4) is 0 Å². The van der Waals surface area contributed by atoms with Gasteiger partial charge in [-0.25, -0.2) is 0 Å². The molecule has 0 spiro atoms. The quantitative estimate of drug-likeness (QED) is 0.544. The van der Waals surface area contributed by atoms with Crippen LogP contribution in [-0.2, 0) is 13.6 Å². The van der Waals surface area contributed by atoms with Gasteiger partial charge >= 0.3 is 7.60 Å². The fourth-order valence-electron chi connectivity index (χ4n) is 1.28. The Kier molecular flexibility index (Phi) is 4.45. The first-order valence-corrected chi connectivity index (χ1v) is 6.88. The molecule has 0 fully saturated rings. The van der Waals surface area contributed by atoms with E-state index in [9.17, 15) is 14.2 Å². The molecule has 96 valence electrons. The maximum absolute atomic E-state index is 12.0. The Morgan fingerprint density at radius 1 is 1.18 bits per heavy atom. The lowest BCUT2D eigenvalue weighted by Crippen LogP contribution is -2.37. The van der Waals surface area contributed by atoms with E-state index >= 15 is 0 Å². The van der Waals surface area contributed by atoms with E-state index in [4.69, 9.17) is 14.8 Å². The molecule has 3 N–H and O–H groups in total. The number of nitrogens with one attached hydrogen (secondary N) is 1. The van der Waals surface area contributed by atoms with Gasteiger partial charge in [-0.1, -0.05) is 0 Å². The average Bonchev–Trinajstić information content (AvgIpc) is 2.29. The predicted molar refractivity (Wildman–Crippen MR) is 65.1 cm³/mol. The third kappa shape index (κ3) is 2.94. The van der Waals surface area contributed by atoms with Crippen LogP contribution in [0.4, 0.5) is 11.4 Å². The molecule has 0 aromatic heterocycles. The molecule has 0 aliphatic heterocycles. The SMILES string of the molecule is CCOP(=O)(CNc1c(N)c(=O)c1=O)OCC. The number of nitrogens with two attached hydrogens (primary N) is 1. The van der Waals surface area contributed by atoms with Gasteiger partial charge in [0.2, 0.25) is 0 Å². The molecule has 0 saturated carbocycles. The van der Waals surface area contributed by atoms with E-state index in [1.807, 2.05) is 0 Å². The normalized spacial score (nSPS) is 11.9. The molecule has 0 unspecified atom stereocenters. The summed E-state index contributed by atoms with van der Waals surface area (Å²) in [7, 11) is -3.29. The predicted octanol–water partition coefficient (Wildman–Crippen LogP) is 0.500. The summed E-state index contributed by atoms with van der Waals surface area (Å²) < 4.78 is 22.0. The molecule has 17 heavy (non-hydrogen) atoms. The summed E-state index contributed by atoms with van der Waals surface area (Å²) >= 11 is 0. The zero-order valence-corrected chi connectivity index (χ0v) is 10.6. The molecule has 0 aliphatic rings. The van der Waals surface area contributed by atoms with Crippen molar-refractivity contribution >= 4 is 19.0 Å². The molecular formula is C9H15N2O5P. The second-order valence-electron chi connectivity index (χ2n) is 3.23. The number of hydrogen-bond donors (Lipinski definition) is 2. The molecule has 0 aliphatic carbocycles. The molecule has 0 amide bonds. The van der Waals surface area contributed by atoms with Gasteiger partial charge in [-0.2, -0.15) is 0 Å². The summed E-state index contributed by atoms with van der Waals surface area (Å²) in [4.78, 5) is 21.9. The van der Waals surface area contributed by atoms with Crippen LogP contribution in [0.25, 0.3) is 0 Å². The Morgan fingerprint density at radius 3 is 2.12 bits per heavy atom. The van der Waals surface area contributed by atoms with Crippen LogP contribution in [0, 0.1) is 0 Å². The van der Waals surface area contributed by atoms with E-state index in [1.165, 1.54) is 0 Å². The Bertz CT molecular complexity index is 496. The van der Waals surface area contributed by atoms with Crippen LogP contribution < -0.4 is 21.9 Å². The van der Waals surface area contributed by atoms with Crippen molar-refractivity contribution in [3.63, 3.8) is 0 Å². The van der Waals surface area contributed by atoms with Crippen molar-refractivity contribution in [2.75, 3.05) is 30.6 Å². The summed E-state index contributed by atoms with van der Waals surface area (Å²) in [6, 6.07) is 0. The van der Waals surface area contributed by atoms with E-state index < -0.39 is 18.5 Å². The van der Waals surface area contributed by atoms with Crippen LogP contribution in [0.2, 0.25) is 0 Å². The fraction of sp³-hybridized carbons (Fsp3) is 0.556. The Hall–Kier alpha value is -1.17. The highest BCUT2D eigenvalue weighted by atomic mass is 31.2. The molecule has 8 heteroatoms. The molecule has 0 atom stereocenters.